The van der Waals surface area contributed by atoms with E-state index in [2.05, 4.69) is 37.8 Å². The standard InChI is InChI=1S/C22H17N5O/c28-22(21-16-5-1-4-8-19(16)26-27-21)17-6-2-3-7-18(17)23-12-14-9-10-15-13-24-25-20(15)11-14/h1-11,13,23H,12H2,(H,24,25)(H,26,27). The van der Waals surface area contributed by atoms with E-state index >= 15 is 0 Å². The molecule has 0 radical (unpaired) electrons. The molecule has 28 heavy (non-hydrogen) atoms. The molecule has 3 N–H and O–H groups in total. The van der Waals surface area contributed by atoms with Crippen molar-refractivity contribution >= 4 is 33.3 Å². The molecule has 0 aliphatic heterocycles. The van der Waals surface area contributed by atoms with E-state index in [0.717, 1.165) is 33.1 Å². The van der Waals surface area contributed by atoms with Gasteiger partial charge in [-0.1, -0.05) is 42.5 Å². The molecule has 0 unspecified atom stereocenters. The molecular formula is C22H17N5O. The molecule has 0 aliphatic rings. The highest BCUT2D eigenvalue weighted by molar-refractivity contribution is 6.17. The Bertz CT molecular complexity index is 1300. The maximum atomic E-state index is 13.2. The minimum Gasteiger partial charge on any atom is -0.380 e. The number of hydrogen-bond donors (Lipinski definition) is 3. The molecule has 5 aromatic rings. The number of H-pyrrole nitrogens is 2. The summed E-state index contributed by atoms with van der Waals surface area (Å²) in [5.74, 6) is -0.107. The van der Waals surface area contributed by atoms with Crippen LogP contribution in [0.4, 0.5) is 5.69 Å². The highest BCUT2D eigenvalue weighted by Crippen LogP contribution is 2.24. The number of rotatable bonds is 5. The molecule has 0 fully saturated rings. The van der Waals surface area contributed by atoms with Crippen LogP contribution in [0.15, 0.2) is 72.9 Å². The summed E-state index contributed by atoms with van der Waals surface area (Å²) in [6.45, 7) is 0.598. The van der Waals surface area contributed by atoms with Crippen molar-refractivity contribution in [2.75, 3.05) is 5.32 Å². The van der Waals surface area contributed by atoms with Crippen LogP contribution in [0.1, 0.15) is 21.6 Å². The number of fused-ring (bicyclic) bond motifs is 2. The van der Waals surface area contributed by atoms with Gasteiger partial charge in [0.25, 0.3) is 0 Å². The van der Waals surface area contributed by atoms with E-state index in [4.69, 9.17) is 0 Å². The third-order valence-electron chi connectivity index (χ3n) is 4.85. The Morgan fingerprint density at radius 2 is 1.79 bits per heavy atom. The van der Waals surface area contributed by atoms with Crippen molar-refractivity contribution < 1.29 is 4.79 Å². The minimum atomic E-state index is -0.107. The number of nitrogens with zero attached hydrogens (tertiary/aromatic N) is 2. The topological polar surface area (TPSA) is 86.5 Å². The molecule has 0 atom stereocenters. The van der Waals surface area contributed by atoms with Gasteiger partial charge in [-0.3, -0.25) is 15.0 Å². The second-order valence-electron chi connectivity index (χ2n) is 6.64. The Hall–Kier alpha value is -3.93. The van der Waals surface area contributed by atoms with Crippen LogP contribution in [0.5, 0.6) is 0 Å². The van der Waals surface area contributed by atoms with Crippen LogP contribution < -0.4 is 5.32 Å². The minimum absolute atomic E-state index is 0.107. The Balaban J connectivity index is 1.44. The molecule has 0 saturated carbocycles. The number of benzene rings is 3. The molecule has 2 heterocycles. The molecule has 0 saturated heterocycles. The van der Waals surface area contributed by atoms with E-state index in [1.807, 2.05) is 54.6 Å². The Labute approximate surface area is 160 Å². The summed E-state index contributed by atoms with van der Waals surface area (Å²) in [5.41, 5.74) is 4.76. The zero-order chi connectivity index (χ0) is 18.9. The predicted molar refractivity (Wildman–Crippen MR) is 109 cm³/mol. The van der Waals surface area contributed by atoms with Crippen molar-refractivity contribution in [2.24, 2.45) is 0 Å². The zero-order valence-electron chi connectivity index (χ0n) is 14.9. The van der Waals surface area contributed by atoms with Crippen molar-refractivity contribution in [1.29, 1.82) is 0 Å². The summed E-state index contributed by atoms with van der Waals surface area (Å²) in [7, 11) is 0. The summed E-state index contributed by atoms with van der Waals surface area (Å²) in [6, 6.07) is 21.3. The summed E-state index contributed by atoms with van der Waals surface area (Å²) < 4.78 is 0. The van der Waals surface area contributed by atoms with Gasteiger partial charge in [0.05, 0.1) is 17.2 Å². The van der Waals surface area contributed by atoms with Crippen LogP contribution in [0, 0.1) is 0 Å². The Morgan fingerprint density at radius 1 is 0.929 bits per heavy atom. The van der Waals surface area contributed by atoms with Gasteiger partial charge in [0, 0.05) is 28.6 Å². The van der Waals surface area contributed by atoms with Crippen LogP contribution >= 0.6 is 0 Å². The quantitative estimate of drug-likeness (QED) is 0.405. The number of anilines is 1. The molecule has 6 nitrogen and oxygen atoms in total. The number of carbonyl (C=O) groups is 1. The van der Waals surface area contributed by atoms with E-state index in [0.29, 0.717) is 17.8 Å². The number of aromatic nitrogens is 4. The highest BCUT2D eigenvalue weighted by Gasteiger charge is 2.18. The molecule has 0 amide bonds. The highest BCUT2D eigenvalue weighted by atomic mass is 16.1. The first-order valence-corrected chi connectivity index (χ1v) is 9.02. The lowest BCUT2D eigenvalue weighted by atomic mass is 10.0. The van der Waals surface area contributed by atoms with Crippen LogP contribution in [-0.4, -0.2) is 26.2 Å². The van der Waals surface area contributed by atoms with E-state index in [-0.39, 0.29) is 5.78 Å². The number of carbonyl (C=O) groups excluding carboxylic acids is 1. The SMILES string of the molecule is O=C(c1ccccc1NCc1ccc2cn[nH]c2c1)c1n[nH]c2ccccc12. The van der Waals surface area contributed by atoms with Gasteiger partial charge >= 0.3 is 0 Å². The number of nitrogens with one attached hydrogen (secondary N) is 3. The summed E-state index contributed by atoms with van der Waals surface area (Å²) >= 11 is 0. The summed E-state index contributed by atoms with van der Waals surface area (Å²) in [6.07, 6.45) is 1.80. The zero-order valence-corrected chi connectivity index (χ0v) is 14.9. The van der Waals surface area contributed by atoms with Crippen LogP contribution in [-0.2, 0) is 6.54 Å². The summed E-state index contributed by atoms with van der Waals surface area (Å²) in [4.78, 5) is 13.2. The van der Waals surface area contributed by atoms with Crippen molar-refractivity contribution in [3.05, 3.63) is 89.7 Å². The fraction of sp³-hybridized carbons (Fsp3) is 0.0455. The van der Waals surface area contributed by atoms with Crippen LogP contribution in [0.2, 0.25) is 0 Å². The van der Waals surface area contributed by atoms with Gasteiger partial charge in [0.2, 0.25) is 5.78 Å². The second-order valence-corrected chi connectivity index (χ2v) is 6.64. The van der Waals surface area contributed by atoms with E-state index in [9.17, 15) is 4.79 Å². The largest absolute Gasteiger partial charge is 0.380 e. The van der Waals surface area contributed by atoms with Gasteiger partial charge in [0.15, 0.2) is 0 Å². The number of ketones is 1. The second kappa shape index (κ2) is 6.66. The molecule has 0 spiro atoms. The van der Waals surface area contributed by atoms with Crippen molar-refractivity contribution in [2.45, 2.75) is 6.54 Å². The van der Waals surface area contributed by atoms with Crippen molar-refractivity contribution in [3.8, 4) is 0 Å². The monoisotopic (exact) mass is 367 g/mol. The Kier molecular flexibility index (Phi) is 3.87. The molecule has 6 heteroatoms. The van der Waals surface area contributed by atoms with Gasteiger partial charge in [-0.05, 0) is 29.8 Å². The van der Waals surface area contributed by atoms with E-state index in [1.165, 1.54) is 0 Å². The normalized spacial score (nSPS) is 11.1. The van der Waals surface area contributed by atoms with Crippen LogP contribution in [0.25, 0.3) is 21.8 Å². The van der Waals surface area contributed by atoms with Crippen molar-refractivity contribution in [3.63, 3.8) is 0 Å². The number of aromatic amines is 2. The lowest BCUT2D eigenvalue weighted by Crippen LogP contribution is -2.08. The average molecular weight is 367 g/mol. The van der Waals surface area contributed by atoms with Crippen molar-refractivity contribution in [1.82, 2.24) is 20.4 Å². The molecule has 3 aromatic carbocycles. The lowest BCUT2D eigenvalue weighted by molar-refractivity contribution is 0.103. The van der Waals surface area contributed by atoms with Gasteiger partial charge in [-0.2, -0.15) is 10.2 Å². The fourth-order valence-corrected chi connectivity index (χ4v) is 3.39. The van der Waals surface area contributed by atoms with Gasteiger partial charge < -0.3 is 5.32 Å². The maximum absolute atomic E-state index is 13.2. The smallest absolute Gasteiger partial charge is 0.215 e. The van der Waals surface area contributed by atoms with Gasteiger partial charge in [0.1, 0.15) is 5.69 Å². The maximum Gasteiger partial charge on any atom is 0.215 e. The molecule has 2 aromatic heterocycles. The molecule has 0 bridgehead atoms. The lowest BCUT2D eigenvalue weighted by Gasteiger charge is -2.11. The first-order chi connectivity index (χ1) is 13.8. The summed E-state index contributed by atoms with van der Waals surface area (Å²) in [5, 5.41) is 19.5. The first kappa shape index (κ1) is 16.3. The van der Waals surface area contributed by atoms with E-state index < -0.39 is 0 Å². The first-order valence-electron chi connectivity index (χ1n) is 9.02. The molecule has 0 aliphatic carbocycles. The van der Waals surface area contributed by atoms with E-state index in [1.54, 1.807) is 6.20 Å². The average Bonchev–Trinajstić information content (AvgIpc) is 3.38. The molecule has 136 valence electrons. The van der Waals surface area contributed by atoms with Gasteiger partial charge in [-0.15, -0.1) is 0 Å². The third-order valence-corrected chi connectivity index (χ3v) is 4.85. The number of hydrogen-bond acceptors (Lipinski definition) is 4. The fourth-order valence-electron chi connectivity index (χ4n) is 3.39. The molecular weight excluding hydrogens is 350 g/mol. The van der Waals surface area contributed by atoms with Gasteiger partial charge in [-0.25, -0.2) is 0 Å². The Morgan fingerprint density at radius 3 is 2.75 bits per heavy atom. The predicted octanol–water partition coefficient (Wildman–Crippen LogP) is 4.28. The van der Waals surface area contributed by atoms with Crippen LogP contribution in [0.3, 0.4) is 0 Å². The third kappa shape index (κ3) is 2.81. The number of para-hydroxylation sites is 2. The molecule has 5 rings (SSSR count).